The van der Waals surface area contributed by atoms with Gasteiger partial charge in [-0.3, -0.25) is 9.36 Å². The lowest BCUT2D eigenvalue weighted by atomic mass is 9.96. The van der Waals surface area contributed by atoms with Gasteiger partial charge in [0.05, 0.1) is 28.5 Å². The number of thioether (sulfide) groups is 1. The topological polar surface area (TPSA) is 69.9 Å². The van der Waals surface area contributed by atoms with Gasteiger partial charge in [-0.15, -0.1) is 11.8 Å². The van der Waals surface area contributed by atoms with Crippen molar-refractivity contribution in [2.24, 2.45) is 10.9 Å². The van der Waals surface area contributed by atoms with Gasteiger partial charge in [-0.1, -0.05) is 62.1 Å². The number of ether oxygens (including phenoxy) is 2. The molecular formula is C29H30N2O4S2. The maximum Gasteiger partial charge on any atom is 0.338 e. The lowest BCUT2D eigenvalue weighted by molar-refractivity contribution is -0.140. The van der Waals surface area contributed by atoms with E-state index in [2.05, 4.69) is 11.6 Å². The number of carbonyl (C=O) groups is 1. The maximum absolute atomic E-state index is 13.7. The summed E-state index contributed by atoms with van der Waals surface area (Å²) >= 11 is 2.95. The molecule has 4 rings (SSSR count). The summed E-state index contributed by atoms with van der Waals surface area (Å²) in [6.45, 7) is 10.2. The highest BCUT2D eigenvalue weighted by Crippen LogP contribution is 2.31. The average molecular weight is 535 g/mol. The first-order valence-corrected chi connectivity index (χ1v) is 14.0. The summed E-state index contributed by atoms with van der Waals surface area (Å²) in [7, 11) is 0. The van der Waals surface area contributed by atoms with E-state index >= 15 is 0 Å². The number of rotatable bonds is 9. The molecule has 3 aromatic rings. The molecule has 0 saturated heterocycles. The Morgan fingerprint density at radius 1 is 1.19 bits per heavy atom. The van der Waals surface area contributed by atoms with Crippen LogP contribution in [-0.2, 0) is 9.53 Å². The Bertz CT molecular complexity index is 1500. The predicted molar refractivity (Wildman–Crippen MR) is 150 cm³/mol. The van der Waals surface area contributed by atoms with Crippen molar-refractivity contribution in [3.63, 3.8) is 0 Å². The molecule has 2 heterocycles. The quantitative estimate of drug-likeness (QED) is 0.226. The van der Waals surface area contributed by atoms with Crippen LogP contribution >= 0.6 is 23.1 Å². The van der Waals surface area contributed by atoms with Gasteiger partial charge >= 0.3 is 5.97 Å². The van der Waals surface area contributed by atoms with Crippen molar-refractivity contribution in [1.82, 2.24) is 4.57 Å². The van der Waals surface area contributed by atoms with Crippen LogP contribution in [0.15, 0.2) is 87.1 Å². The molecule has 0 bridgehead atoms. The van der Waals surface area contributed by atoms with E-state index in [1.165, 1.54) is 11.3 Å². The number of aromatic nitrogens is 1. The van der Waals surface area contributed by atoms with Crippen molar-refractivity contribution in [3.05, 3.63) is 103 Å². The molecule has 0 spiro atoms. The van der Waals surface area contributed by atoms with Crippen LogP contribution in [-0.4, -0.2) is 30.0 Å². The first kappa shape index (κ1) is 26.7. The fourth-order valence-corrected chi connectivity index (χ4v) is 5.43. The zero-order chi connectivity index (χ0) is 26.5. The zero-order valence-corrected chi connectivity index (χ0v) is 23.0. The molecule has 1 aliphatic rings. The highest BCUT2D eigenvalue weighted by molar-refractivity contribution is 7.98. The van der Waals surface area contributed by atoms with Crippen molar-refractivity contribution in [3.8, 4) is 5.75 Å². The van der Waals surface area contributed by atoms with E-state index in [0.29, 0.717) is 33.8 Å². The molecule has 0 aliphatic carbocycles. The van der Waals surface area contributed by atoms with Gasteiger partial charge in [0, 0.05) is 4.90 Å². The Labute approximate surface area is 224 Å². The fraction of sp³-hybridized carbons (Fsp3) is 0.276. The normalized spacial score (nSPS) is 15.4. The van der Waals surface area contributed by atoms with Crippen molar-refractivity contribution in [1.29, 1.82) is 0 Å². The fourth-order valence-electron chi connectivity index (χ4n) is 3.97. The molecule has 0 N–H and O–H groups in total. The van der Waals surface area contributed by atoms with E-state index in [9.17, 15) is 9.59 Å². The molecule has 0 amide bonds. The van der Waals surface area contributed by atoms with Crippen molar-refractivity contribution in [2.45, 2.75) is 31.7 Å². The lowest BCUT2D eigenvalue weighted by Gasteiger charge is -2.25. The monoisotopic (exact) mass is 534 g/mol. The number of hydrogen-bond donors (Lipinski definition) is 0. The van der Waals surface area contributed by atoms with Crippen molar-refractivity contribution in [2.75, 3.05) is 19.5 Å². The number of benzene rings is 2. The van der Waals surface area contributed by atoms with E-state index in [1.54, 1.807) is 29.3 Å². The third-order valence-corrected chi connectivity index (χ3v) is 7.49. The molecule has 0 radical (unpaired) electrons. The average Bonchev–Trinajstić information content (AvgIpc) is 3.20. The summed E-state index contributed by atoms with van der Waals surface area (Å²) in [6.07, 6.45) is 5.54. The van der Waals surface area contributed by atoms with Gasteiger partial charge in [0.15, 0.2) is 4.80 Å². The zero-order valence-electron chi connectivity index (χ0n) is 21.4. The predicted octanol–water partition coefficient (Wildman–Crippen LogP) is 4.72. The van der Waals surface area contributed by atoms with E-state index in [4.69, 9.17) is 9.47 Å². The minimum absolute atomic E-state index is 0.193. The van der Waals surface area contributed by atoms with Gasteiger partial charge < -0.3 is 9.47 Å². The van der Waals surface area contributed by atoms with E-state index in [-0.39, 0.29) is 11.5 Å². The van der Waals surface area contributed by atoms with Crippen LogP contribution < -0.4 is 19.6 Å². The molecule has 192 valence electrons. The summed E-state index contributed by atoms with van der Waals surface area (Å²) < 4.78 is 13.3. The Morgan fingerprint density at radius 2 is 1.89 bits per heavy atom. The van der Waals surface area contributed by atoms with Gasteiger partial charge in [-0.2, -0.15) is 0 Å². The van der Waals surface area contributed by atoms with E-state index in [0.717, 1.165) is 21.8 Å². The van der Waals surface area contributed by atoms with E-state index in [1.807, 2.05) is 74.7 Å². The third kappa shape index (κ3) is 5.97. The second kappa shape index (κ2) is 11.8. The molecule has 2 aromatic carbocycles. The summed E-state index contributed by atoms with van der Waals surface area (Å²) in [5.74, 6) is 0.476. The number of fused-ring (bicyclic) bond motifs is 1. The minimum Gasteiger partial charge on any atom is -0.490 e. The largest absolute Gasteiger partial charge is 0.490 e. The van der Waals surface area contributed by atoms with E-state index < -0.39 is 12.0 Å². The molecule has 1 aliphatic heterocycles. The molecular weight excluding hydrogens is 504 g/mol. The summed E-state index contributed by atoms with van der Waals surface area (Å²) in [5, 5.41) is 0. The van der Waals surface area contributed by atoms with Crippen LogP contribution in [0.25, 0.3) is 6.08 Å². The summed E-state index contributed by atoms with van der Waals surface area (Å²) in [6, 6.07) is 14.8. The van der Waals surface area contributed by atoms with Crippen LogP contribution in [0.1, 0.15) is 37.9 Å². The number of allylic oxidation sites excluding steroid dienone is 1. The van der Waals surface area contributed by atoms with Gasteiger partial charge in [-0.25, -0.2) is 9.79 Å². The molecule has 1 unspecified atom stereocenters. The number of hydrogen-bond acceptors (Lipinski definition) is 7. The summed E-state index contributed by atoms with van der Waals surface area (Å²) in [5.41, 5.74) is 2.45. The molecule has 6 nitrogen and oxygen atoms in total. The molecule has 0 saturated carbocycles. The molecule has 1 aromatic heterocycles. The first-order valence-electron chi connectivity index (χ1n) is 12.0. The Hall–Kier alpha value is -3.36. The first-order chi connectivity index (χ1) is 17.8. The SMILES string of the molecule is C=CCOc1ccc(C=c2sc3n(c2=O)C(c2ccc(SC)cc2)C(C(=O)OCC(C)C)=C(C)N=3)cc1. The Morgan fingerprint density at radius 3 is 2.51 bits per heavy atom. The Balaban J connectivity index is 1.81. The van der Waals surface area contributed by atoms with Gasteiger partial charge in [0.1, 0.15) is 12.4 Å². The van der Waals surface area contributed by atoms with Crippen LogP contribution in [0.4, 0.5) is 0 Å². The second-order valence-electron chi connectivity index (χ2n) is 9.02. The van der Waals surface area contributed by atoms with Crippen LogP contribution in [0.5, 0.6) is 5.75 Å². The van der Waals surface area contributed by atoms with Crippen molar-refractivity contribution >= 4 is 35.1 Å². The van der Waals surface area contributed by atoms with Gasteiger partial charge in [0.2, 0.25) is 0 Å². The van der Waals surface area contributed by atoms with Crippen molar-refractivity contribution < 1.29 is 14.3 Å². The van der Waals surface area contributed by atoms with Gasteiger partial charge in [-0.05, 0) is 60.6 Å². The molecule has 1 atom stereocenters. The van der Waals surface area contributed by atoms with Crippen LogP contribution in [0.3, 0.4) is 0 Å². The number of carbonyl (C=O) groups excluding carboxylic acids is 1. The maximum atomic E-state index is 13.7. The lowest BCUT2D eigenvalue weighted by Crippen LogP contribution is -2.40. The number of nitrogens with zero attached hydrogens (tertiary/aromatic N) is 2. The summed E-state index contributed by atoms with van der Waals surface area (Å²) in [4.78, 5) is 33.3. The highest BCUT2D eigenvalue weighted by Gasteiger charge is 2.33. The third-order valence-electron chi connectivity index (χ3n) is 5.77. The standard InChI is InChI=1S/C29H30N2O4S2/c1-6-15-34-22-11-7-20(8-12-22)16-24-27(32)31-26(21-9-13-23(36-5)14-10-21)25(19(4)30-29(31)37-24)28(33)35-17-18(2)3/h6-14,16,18,26H,1,15,17H2,2-5H3. The number of thiazole rings is 1. The molecule has 0 fully saturated rings. The van der Waals surface area contributed by atoms with Gasteiger partial charge in [0.25, 0.3) is 5.56 Å². The molecule has 8 heteroatoms. The highest BCUT2D eigenvalue weighted by atomic mass is 32.2. The molecule has 37 heavy (non-hydrogen) atoms. The minimum atomic E-state index is -0.622. The Kier molecular flexibility index (Phi) is 8.51. The van der Waals surface area contributed by atoms with Crippen LogP contribution in [0.2, 0.25) is 0 Å². The number of esters is 1. The smallest absolute Gasteiger partial charge is 0.338 e. The second-order valence-corrected chi connectivity index (χ2v) is 10.9. The van der Waals surface area contributed by atoms with Crippen LogP contribution in [0, 0.1) is 5.92 Å².